The van der Waals surface area contributed by atoms with Crippen LogP contribution in [0.25, 0.3) is 10.9 Å². The van der Waals surface area contributed by atoms with Crippen molar-refractivity contribution in [3.05, 3.63) is 23.9 Å². The van der Waals surface area contributed by atoms with Crippen molar-refractivity contribution in [3.63, 3.8) is 0 Å². The number of fused-ring (bicyclic) bond motifs is 1. The second kappa shape index (κ2) is 5.43. The topological polar surface area (TPSA) is 104 Å². The van der Waals surface area contributed by atoms with Crippen LogP contribution in [-0.2, 0) is 16.0 Å². The summed E-state index contributed by atoms with van der Waals surface area (Å²) in [5.74, 6) is -0.934. The van der Waals surface area contributed by atoms with Gasteiger partial charge in [0.1, 0.15) is 5.60 Å². The van der Waals surface area contributed by atoms with Crippen LogP contribution in [0.3, 0.4) is 0 Å². The first-order valence-corrected chi connectivity index (χ1v) is 6.43. The number of hydrogen-bond donors (Lipinski definition) is 3. The number of aromatic amines is 1. The molecule has 0 bridgehead atoms. The van der Waals surface area contributed by atoms with E-state index in [4.69, 9.17) is 9.84 Å². The van der Waals surface area contributed by atoms with Gasteiger partial charge in [0.05, 0.1) is 17.6 Å². The van der Waals surface area contributed by atoms with Crippen LogP contribution < -0.4 is 5.32 Å². The molecular weight excluding hydrogens is 274 g/mol. The fourth-order valence-corrected chi connectivity index (χ4v) is 1.85. The van der Waals surface area contributed by atoms with E-state index in [0.717, 1.165) is 0 Å². The molecule has 1 heterocycles. The summed E-state index contributed by atoms with van der Waals surface area (Å²) in [7, 11) is 0. The van der Waals surface area contributed by atoms with Crippen molar-refractivity contribution in [2.45, 2.75) is 32.8 Å². The van der Waals surface area contributed by atoms with Crippen molar-refractivity contribution in [1.82, 2.24) is 10.2 Å². The van der Waals surface area contributed by atoms with Crippen LogP contribution in [0.15, 0.2) is 18.2 Å². The number of H-pyrrole nitrogens is 1. The number of carboxylic acids is 1. The van der Waals surface area contributed by atoms with E-state index in [1.807, 2.05) is 0 Å². The highest BCUT2D eigenvalue weighted by Crippen LogP contribution is 2.21. The number of nitrogens with one attached hydrogen (secondary N) is 2. The van der Waals surface area contributed by atoms with E-state index >= 15 is 0 Å². The lowest BCUT2D eigenvalue weighted by atomic mass is 10.1. The number of aliphatic carboxylic acids is 1. The number of carbonyl (C=O) groups is 2. The number of ether oxygens (including phenoxy) is 1. The Hall–Kier alpha value is -2.57. The first-order chi connectivity index (χ1) is 9.74. The van der Waals surface area contributed by atoms with Crippen molar-refractivity contribution >= 4 is 28.7 Å². The molecule has 0 saturated carbocycles. The Morgan fingerprint density at radius 2 is 2.10 bits per heavy atom. The molecule has 7 heteroatoms. The van der Waals surface area contributed by atoms with Gasteiger partial charge in [-0.05, 0) is 39.0 Å². The maximum Gasteiger partial charge on any atom is 0.412 e. The SMILES string of the molecule is CC(C)(C)OC(=O)Nc1ccc2c(CC(=O)O)[nH]nc2c1. The largest absolute Gasteiger partial charge is 0.481 e. The van der Waals surface area contributed by atoms with Gasteiger partial charge in [0.25, 0.3) is 0 Å². The van der Waals surface area contributed by atoms with Crippen LogP contribution in [0.2, 0.25) is 0 Å². The van der Waals surface area contributed by atoms with E-state index in [9.17, 15) is 9.59 Å². The maximum absolute atomic E-state index is 11.7. The molecule has 112 valence electrons. The number of carbonyl (C=O) groups excluding carboxylic acids is 1. The van der Waals surface area contributed by atoms with E-state index in [-0.39, 0.29) is 6.42 Å². The quantitative estimate of drug-likeness (QED) is 0.806. The number of hydrogen-bond acceptors (Lipinski definition) is 4. The van der Waals surface area contributed by atoms with Crippen molar-refractivity contribution in [1.29, 1.82) is 0 Å². The Morgan fingerprint density at radius 3 is 2.71 bits per heavy atom. The smallest absolute Gasteiger partial charge is 0.412 e. The molecule has 0 aliphatic rings. The number of anilines is 1. The normalized spacial score (nSPS) is 11.4. The fraction of sp³-hybridized carbons (Fsp3) is 0.357. The highest BCUT2D eigenvalue weighted by Gasteiger charge is 2.16. The molecular formula is C14H17N3O4. The number of amides is 1. The lowest BCUT2D eigenvalue weighted by Gasteiger charge is -2.19. The second-order valence-electron chi connectivity index (χ2n) is 5.63. The molecule has 0 aliphatic carbocycles. The third-order valence-corrected chi connectivity index (χ3v) is 2.61. The van der Waals surface area contributed by atoms with Gasteiger partial charge in [-0.25, -0.2) is 4.79 Å². The molecule has 1 amide bonds. The summed E-state index contributed by atoms with van der Waals surface area (Å²) in [5, 5.41) is 18.9. The van der Waals surface area contributed by atoms with Crippen LogP contribution in [0.1, 0.15) is 26.5 Å². The van der Waals surface area contributed by atoms with Gasteiger partial charge < -0.3 is 9.84 Å². The van der Waals surface area contributed by atoms with Gasteiger partial charge in [0.15, 0.2) is 0 Å². The molecule has 1 aromatic heterocycles. The Labute approximate surface area is 121 Å². The Morgan fingerprint density at radius 1 is 1.38 bits per heavy atom. The molecule has 7 nitrogen and oxygen atoms in total. The molecule has 0 radical (unpaired) electrons. The molecule has 3 N–H and O–H groups in total. The molecule has 0 fully saturated rings. The van der Waals surface area contributed by atoms with Crippen LogP contribution in [0.5, 0.6) is 0 Å². The molecule has 1 aromatic carbocycles. The molecule has 0 aliphatic heterocycles. The highest BCUT2D eigenvalue weighted by molar-refractivity contribution is 5.91. The lowest BCUT2D eigenvalue weighted by Crippen LogP contribution is -2.27. The van der Waals surface area contributed by atoms with E-state index in [2.05, 4.69) is 15.5 Å². The first kappa shape index (κ1) is 14.8. The monoisotopic (exact) mass is 291 g/mol. The van der Waals surface area contributed by atoms with Gasteiger partial charge >= 0.3 is 12.1 Å². The van der Waals surface area contributed by atoms with Gasteiger partial charge in [-0.1, -0.05) is 0 Å². The van der Waals surface area contributed by atoms with Gasteiger partial charge in [-0.15, -0.1) is 0 Å². The predicted octanol–water partition coefficient (Wildman–Crippen LogP) is 2.54. The van der Waals surface area contributed by atoms with Gasteiger partial charge in [-0.2, -0.15) is 5.10 Å². The zero-order valence-electron chi connectivity index (χ0n) is 12.1. The van der Waals surface area contributed by atoms with Crippen LogP contribution in [0.4, 0.5) is 10.5 Å². The Balaban J connectivity index is 2.16. The number of nitrogens with zero attached hydrogens (tertiary/aromatic N) is 1. The number of benzene rings is 1. The van der Waals surface area contributed by atoms with Crippen molar-refractivity contribution in [3.8, 4) is 0 Å². The van der Waals surface area contributed by atoms with Crippen molar-refractivity contribution in [2.75, 3.05) is 5.32 Å². The zero-order valence-corrected chi connectivity index (χ0v) is 12.1. The average Bonchev–Trinajstić information content (AvgIpc) is 2.68. The van der Waals surface area contributed by atoms with E-state index in [0.29, 0.717) is 22.3 Å². The minimum atomic E-state index is -0.934. The summed E-state index contributed by atoms with van der Waals surface area (Å²) in [4.78, 5) is 22.4. The van der Waals surface area contributed by atoms with Gasteiger partial charge in [-0.3, -0.25) is 15.2 Å². The number of carboxylic acid groups (broad SMARTS) is 1. The summed E-state index contributed by atoms with van der Waals surface area (Å²) < 4.78 is 5.16. The minimum Gasteiger partial charge on any atom is -0.481 e. The Kier molecular flexibility index (Phi) is 3.84. The third-order valence-electron chi connectivity index (χ3n) is 2.61. The maximum atomic E-state index is 11.7. The van der Waals surface area contributed by atoms with E-state index in [1.165, 1.54) is 0 Å². The van der Waals surface area contributed by atoms with Crippen molar-refractivity contribution < 1.29 is 19.4 Å². The molecule has 21 heavy (non-hydrogen) atoms. The predicted molar refractivity (Wildman–Crippen MR) is 77.3 cm³/mol. The van der Waals surface area contributed by atoms with E-state index < -0.39 is 17.7 Å². The van der Waals surface area contributed by atoms with Crippen LogP contribution in [-0.4, -0.2) is 33.0 Å². The molecule has 0 atom stereocenters. The molecule has 0 spiro atoms. The van der Waals surface area contributed by atoms with Gasteiger partial charge in [0.2, 0.25) is 0 Å². The summed E-state index contributed by atoms with van der Waals surface area (Å²) in [5.41, 5.74) is 1.07. The molecule has 0 unspecified atom stereocenters. The number of rotatable bonds is 3. The summed E-state index contributed by atoms with van der Waals surface area (Å²) in [6.07, 6.45) is -0.682. The third kappa shape index (κ3) is 3.95. The Bertz CT molecular complexity index is 685. The van der Waals surface area contributed by atoms with E-state index in [1.54, 1.807) is 39.0 Å². The number of aromatic nitrogens is 2. The first-order valence-electron chi connectivity index (χ1n) is 6.43. The van der Waals surface area contributed by atoms with Crippen LogP contribution in [0, 0.1) is 0 Å². The fourth-order valence-electron chi connectivity index (χ4n) is 1.85. The standard InChI is InChI=1S/C14H17N3O4/c1-14(2,3)21-13(20)15-8-4-5-9-10(6-8)16-17-11(9)7-12(18)19/h4-6H,7H2,1-3H3,(H,15,20)(H,16,17)(H,18,19). The lowest BCUT2D eigenvalue weighted by molar-refractivity contribution is -0.136. The molecule has 2 aromatic rings. The van der Waals surface area contributed by atoms with Crippen molar-refractivity contribution in [2.24, 2.45) is 0 Å². The zero-order chi connectivity index (χ0) is 15.6. The summed E-state index contributed by atoms with van der Waals surface area (Å²) in [6.45, 7) is 5.34. The van der Waals surface area contributed by atoms with Crippen LogP contribution >= 0.6 is 0 Å². The molecule has 0 saturated heterocycles. The molecule has 2 rings (SSSR count). The summed E-state index contributed by atoms with van der Waals surface area (Å²) >= 11 is 0. The summed E-state index contributed by atoms with van der Waals surface area (Å²) in [6, 6.07) is 5.04. The highest BCUT2D eigenvalue weighted by atomic mass is 16.6. The second-order valence-corrected chi connectivity index (χ2v) is 5.63. The minimum absolute atomic E-state index is 0.130. The van der Waals surface area contributed by atoms with Gasteiger partial charge in [0, 0.05) is 11.1 Å². The average molecular weight is 291 g/mol.